The van der Waals surface area contributed by atoms with Gasteiger partial charge in [0, 0.05) is 22.1 Å². The van der Waals surface area contributed by atoms with Crippen LogP contribution in [0, 0.1) is 5.92 Å². The molecule has 1 fully saturated rings. The Morgan fingerprint density at radius 3 is 2.85 bits per heavy atom. The van der Waals surface area contributed by atoms with Gasteiger partial charge in [0.1, 0.15) is 0 Å². The van der Waals surface area contributed by atoms with Crippen molar-refractivity contribution in [3.05, 3.63) is 40.6 Å². The molecule has 1 saturated carbocycles. The van der Waals surface area contributed by atoms with Gasteiger partial charge in [-0.25, -0.2) is 0 Å². The fraction of sp³-hybridized carbons (Fsp3) is 0.412. The quantitative estimate of drug-likeness (QED) is 0.838. The van der Waals surface area contributed by atoms with E-state index in [-0.39, 0.29) is 6.61 Å². The third-order valence-corrected chi connectivity index (χ3v) is 4.56. The molecule has 2 aromatic rings. The van der Waals surface area contributed by atoms with Crippen LogP contribution in [0.5, 0.6) is 0 Å². The molecule has 0 saturated heterocycles. The van der Waals surface area contributed by atoms with Gasteiger partial charge in [-0.1, -0.05) is 43.0 Å². The SMILES string of the molecule is OC/C(=C/c1c[nH]c2cc(Cl)ccc12)C1CCCCC1. The summed E-state index contributed by atoms with van der Waals surface area (Å²) in [5.41, 5.74) is 3.36. The molecule has 106 valence electrons. The molecule has 1 aliphatic rings. The third kappa shape index (κ3) is 2.77. The number of rotatable bonds is 3. The molecule has 1 aromatic heterocycles. The van der Waals surface area contributed by atoms with E-state index in [1.807, 2.05) is 24.4 Å². The van der Waals surface area contributed by atoms with Crippen LogP contribution in [0.25, 0.3) is 17.0 Å². The molecule has 3 rings (SSSR count). The lowest BCUT2D eigenvalue weighted by molar-refractivity contribution is 0.295. The van der Waals surface area contributed by atoms with E-state index in [4.69, 9.17) is 11.6 Å². The average Bonchev–Trinajstić information content (AvgIpc) is 2.87. The van der Waals surface area contributed by atoms with E-state index in [0.717, 1.165) is 21.5 Å². The van der Waals surface area contributed by atoms with Gasteiger partial charge in [-0.2, -0.15) is 0 Å². The number of fused-ring (bicyclic) bond motifs is 1. The van der Waals surface area contributed by atoms with Crippen LogP contribution in [-0.2, 0) is 0 Å². The van der Waals surface area contributed by atoms with Crippen LogP contribution in [0.3, 0.4) is 0 Å². The first-order valence-electron chi connectivity index (χ1n) is 7.36. The summed E-state index contributed by atoms with van der Waals surface area (Å²) in [6.45, 7) is 0.158. The highest BCUT2D eigenvalue weighted by atomic mass is 35.5. The van der Waals surface area contributed by atoms with Gasteiger partial charge < -0.3 is 10.1 Å². The number of hydrogen-bond donors (Lipinski definition) is 2. The first-order valence-corrected chi connectivity index (χ1v) is 7.73. The van der Waals surface area contributed by atoms with Crippen molar-refractivity contribution in [2.75, 3.05) is 6.61 Å². The lowest BCUT2D eigenvalue weighted by Crippen LogP contribution is -2.11. The van der Waals surface area contributed by atoms with Crippen molar-refractivity contribution in [1.29, 1.82) is 0 Å². The van der Waals surface area contributed by atoms with Crippen LogP contribution < -0.4 is 0 Å². The number of hydrogen-bond acceptors (Lipinski definition) is 1. The van der Waals surface area contributed by atoms with Crippen LogP contribution in [0.2, 0.25) is 5.02 Å². The molecule has 20 heavy (non-hydrogen) atoms. The molecule has 0 spiro atoms. The summed E-state index contributed by atoms with van der Waals surface area (Å²) in [7, 11) is 0. The molecular weight excluding hydrogens is 270 g/mol. The number of H-pyrrole nitrogens is 1. The van der Waals surface area contributed by atoms with Crippen LogP contribution in [0.15, 0.2) is 30.0 Å². The number of aromatic amines is 1. The summed E-state index contributed by atoms with van der Waals surface area (Å²) in [6.07, 6.45) is 10.5. The van der Waals surface area contributed by atoms with Gasteiger partial charge in [0.25, 0.3) is 0 Å². The standard InChI is InChI=1S/C17H20ClNO/c18-15-6-7-16-13(10-19-17(16)9-15)8-14(11-20)12-4-2-1-3-5-12/h6-10,12,19-20H,1-5,11H2/b14-8-. The highest BCUT2D eigenvalue weighted by Gasteiger charge is 2.17. The number of halogens is 1. The fourth-order valence-electron chi connectivity index (χ4n) is 3.21. The zero-order chi connectivity index (χ0) is 13.9. The molecule has 0 radical (unpaired) electrons. The fourth-order valence-corrected chi connectivity index (χ4v) is 3.38. The van der Waals surface area contributed by atoms with Crippen LogP contribution in [0.4, 0.5) is 0 Å². The first kappa shape index (κ1) is 13.7. The van der Waals surface area contributed by atoms with Crippen molar-refractivity contribution >= 4 is 28.6 Å². The van der Waals surface area contributed by atoms with E-state index in [1.165, 1.54) is 37.7 Å². The van der Waals surface area contributed by atoms with Crippen molar-refractivity contribution in [3.8, 4) is 0 Å². The Morgan fingerprint density at radius 2 is 2.10 bits per heavy atom. The minimum atomic E-state index is 0.158. The van der Waals surface area contributed by atoms with E-state index in [9.17, 15) is 5.11 Å². The molecule has 0 amide bonds. The second-order valence-electron chi connectivity index (χ2n) is 5.65. The third-order valence-electron chi connectivity index (χ3n) is 4.33. The molecule has 0 atom stereocenters. The number of benzene rings is 1. The normalized spacial score (nSPS) is 17.8. The maximum absolute atomic E-state index is 9.69. The lowest BCUT2D eigenvalue weighted by Gasteiger charge is -2.23. The van der Waals surface area contributed by atoms with Crippen molar-refractivity contribution in [1.82, 2.24) is 4.98 Å². The highest BCUT2D eigenvalue weighted by molar-refractivity contribution is 6.31. The van der Waals surface area contributed by atoms with Gasteiger partial charge in [-0.3, -0.25) is 0 Å². The number of aromatic nitrogens is 1. The van der Waals surface area contributed by atoms with Gasteiger partial charge in [0.2, 0.25) is 0 Å². The molecule has 0 bridgehead atoms. The van der Waals surface area contributed by atoms with Crippen molar-refractivity contribution < 1.29 is 5.11 Å². The van der Waals surface area contributed by atoms with Gasteiger partial charge in [-0.05, 0) is 42.0 Å². The minimum absolute atomic E-state index is 0.158. The van der Waals surface area contributed by atoms with Gasteiger partial charge in [0.15, 0.2) is 0 Å². The Hall–Kier alpha value is -1.25. The molecule has 3 heteroatoms. The van der Waals surface area contributed by atoms with Crippen molar-refractivity contribution in [2.24, 2.45) is 5.92 Å². The second-order valence-corrected chi connectivity index (χ2v) is 6.08. The second kappa shape index (κ2) is 6.02. The lowest BCUT2D eigenvalue weighted by atomic mass is 9.83. The topological polar surface area (TPSA) is 36.0 Å². The van der Waals surface area contributed by atoms with E-state index in [0.29, 0.717) is 5.92 Å². The smallest absolute Gasteiger partial charge is 0.0647 e. The maximum Gasteiger partial charge on any atom is 0.0647 e. The van der Waals surface area contributed by atoms with E-state index in [2.05, 4.69) is 11.1 Å². The molecule has 0 unspecified atom stereocenters. The maximum atomic E-state index is 9.69. The molecule has 1 aliphatic carbocycles. The summed E-state index contributed by atoms with van der Waals surface area (Å²) in [6, 6.07) is 5.89. The monoisotopic (exact) mass is 289 g/mol. The molecule has 1 heterocycles. The number of aliphatic hydroxyl groups excluding tert-OH is 1. The predicted octanol–water partition coefficient (Wildman–Crippen LogP) is 4.78. The average molecular weight is 290 g/mol. The van der Waals surface area contributed by atoms with E-state index in [1.54, 1.807) is 0 Å². The Bertz CT molecular complexity index is 623. The number of aliphatic hydroxyl groups is 1. The Labute approximate surface area is 124 Å². The van der Waals surface area contributed by atoms with Crippen LogP contribution >= 0.6 is 11.6 Å². The van der Waals surface area contributed by atoms with Crippen molar-refractivity contribution in [3.63, 3.8) is 0 Å². The molecule has 1 aromatic carbocycles. The Balaban J connectivity index is 1.94. The Kier molecular flexibility index (Phi) is 4.13. The summed E-state index contributed by atoms with van der Waals surface area (Å²) < 4.78 is 0. The van der Waals surface area contributed by atoms with E-state index >= 15 is 0 Å². The largest absolute Gasteiger partial charge is 0.392 e. The van der Waals surface area contributed by atoms with E-state index < -0.39 is 0 Å². The van der Waals surface area contributed by atoms with Crippen LogP contribution in [-0.4, -0.2) is 16.7 Å². The summed E-state index contributed by atoms with van der Waals surface area (Å²) in [5.74, 6) is 0.547. The number of nitrogens with one attached hydrogen (secondary N) is 1. The summed E-state index contributed by atoms with van der Waals surface area (Å²) in [4.78, 5) is 3.25. The molecule has 2 N–H and O–H groups in total. The zero-order valence-electron chi connectivity index (χ0n) is 11.5. The zero-order valence-corrected chi connectivity index (χ0v) is 12.3. The van der Waals surface area contributed by atoms with Gasteiger partial charge in [-0.15, -0.1) is 0 Å². The molecular formula is C17H20ClNO. The van der Waals surface area contributed by atoms with Crippen molar-refractivity contribution in [2.45, 2.75) is 32.1 Å². The Morgan fingerprint density at radius 1 is 1.30 bits per heavy atom. The minimum Gasteiger partial charge on any atom is -0.392 e. The van der Waals surface area contributed by atoms with Crippen LogP contribution in [0.1, 0.15) is 37.7 Å². The van der Waals surface area contributed by atoms with Gasteiger partial charge in [0.05, 0.1) is 6.61 Å². The molecule has 2 nitrogen and oxygen atoms in total. The first-order chi connectivity index (χ1) is 9.78. The predicted molar refractivity (Wildman–Crippen MR) is 84.9 cm³/mol. The summed E-state index contributed by atoms with van der Waals surface area (Å²) in [5, 5.41) is 11.6. The molecule has 0 aliphatic heterocycles. The summed E-state index contributed by atoms with van der Waals surface area (Å²) >= 11 is 6.01. The highest BCUT2D eigenvalue weighted by Crippen LogP contribution is 2.32. The van der Waals surface area contributed by atoms with Gasteiger partial charge >= 0.3 is 0 Å².